The number of hydrogen-bond donors (Lipinski definition) is 2. The van der Waals surface area contributed by atoms with Gasteiger partial charge in [-0.05, 0) is 70.6 Å². The summed E-state index contributed by atoms with van der Waals surface area (Å²) < 4.78 is 32.5. The number of allylic oxidation sites excluding steroid dienone is 16. The molecule has 0 spiro atoms. The van der Waals surface area contributed by atoms with Crippen molar-refractivity contribution in [3.8, 4) is 0 Å². The average Bonchev–Trinajstić information content (AvgIpc) is 3.14. The molecule has 2 atom stereocenters. The second kappa shape index (κ2) is 38.6. The number of hydrogen-bond acceptors (Lipinski definition) is 8. The zero-order valence-corrected chi connectivity index (χ0v) is 33.6. The van der Waals surface area contributed by atoms with Gasteiger partial charge in [0.05, 0.1) is 13.2 Å². The van der Waals surface area contributed by atoms with E-state index in [2.05, 4.69) is 86.8 Å². The maximum absolute atomic E-state index is 12.5. The number of carbonyl (C=O) groups is 2. The second-order valence-electron chi connectivity index (χ2n) is 12.4. The van der Waals surface area contributed by atoms with E-state index in [0.29, 0.717) is 12.8 Å². The lowest BCUT2D eigenvalue weighted by atomic mass is 10.1. The largest absolute Gasteiger partial charge is 0.472 e. The van der Waals surface area contributed by atoms with Crippen molar-refractivity contribution in [2.75, 3.05) is 26.4 Å². The van der Waals surface area contributed by atoms with E-state index in [1.165, 1.54) is 38.5 Å². The number of nitrogens with two attached hydrogens (primary N) is 1. The highest BCUT2D eigenvalue weighted by molar-refractivity contribution is 7.47. The van der Waals surface area contributed by atoms with Gasteiger partial charge in [-0.25, -0.2) is 4.57 Å². The summed E-state index contributed by atoms with van der Waals surface area (Å²) in [6, 6.07) is 0. The predicted octanol–water partition coefficient (Wildman–Crippen LogP) is 11.0. The molecule has 0 rings (SSSR count). The minimum atomic E-state index is -4.41. The first-order chi connectivity index (χ1) is 25.8. The SMILES string of the molecule is CC/C=C/C/C=C/C/C=C/C/C=C/C/C=C/C/C=C/CCC(=O)OCC(COP(=O)(O)OCCN)OC(=O)CC/C=C/C/C=C/CCCCCCCC. The third-order valence-corrected chi connectivity index (χ3v) is 8.47. The van der Waals surface area contributed by atoms with Crippen molar-refractivity contribution in [2.45, 2.75) is 136 Å². The van der Waals surface area contributed by atoms with Gasteiger partial charge in [0.25, 0.3) is 0 Å². The van der Waals surface area contributed by atoms with Crippen molar-refractivity contribution in [3.63, 3.8) is 0 Å². The minimum Gasteiger partial charge on any atom is -0.462 e. The zero-order valence-electron chi connectivity index (χ0n) is 32.7. The molecule has 300 valence electrons. The number of unbranched alkanes of at least 4 members (excludes halogenated alkanes) is 6. The summed E-state index contributed by atoms with van der Waals surface area (Å²) in [6.45, 7) is 3.42. The summed E-state index contributed by atoms with van der Waals surface area (Å²) >= 11 is 0. The Morgan fingerprint density at radius 1 is 0.585 bits per heavy atom. The minimum absolute atomic E-state index is 0.0309. The Balaban J connectivity index is 4.42. The molecule has 2 unspecified atom stereocenters. The summed E-state index contributed by atoms with van der Waals surface area (Å²) in [6.07, 6.45) is 49.0. The number of phosphoric ester groups is 1. The fourth-order valence-corrected chi connectivity index (χ4v) is 5.36. The van der Waals surface area contributed by atoms with Crippen LogP contribution in [0.4, 0.5) is 0 Å². The molecule has 0 amide bonds. The molecule has 53 heavy (non-hydrogen) atoms. The Hall–Kier alpha value is -3.07. The fraction of sp³-hybridized carbons (Fsp3) is 0.581. The molecule has 0 aliphatic heterocycles. The van der Waals surface area contributed by atoms with Gasteiger partial charge >= 0.3 is 19.8 Å². The van der Waals surface area contributed by atoms with Crippen LogP contribution in [-0.4, -0.2) is 49.3 Å². The molecule has 0 bridgehead atoms. The highest BCUT2D eigenvalue weighted by atomic mass is 31.2. The van der Waals surface area contributed by atoms with Crippen LogP contribution in [0.15, 0.2) is 97.2 Å². The van der Waals surface area contributed by atoms with E-state index >= 15 is 0 Å². The van der Waals surface area contributed by atoms with Crippen molar-refractivity contribution in [1.82, 2.24) is 0 Å². The maximum Gasteiger partial charge on any atom is 0.472 e. The van der Waals surface area contributed by atoms with Gasteiger partial charge in [0.2, 0.25) is 0 Å². The molecule has 0 saturated carbocycles. The summed E-state index contributed by atoms with van der Waals surface area (Å²) in [5.74, 6) is -1.02. The molecular formula is C43H70NO8P. The van der Waals surface area contributed by atoms with Crippen LogP contribution in [0.3, 0.4) is 0 Å². The molecule has 3 N–H and O–H groups in total. The molecule has 0 aliphatic carbocycles. The summed E-state index contributed by atoms with van der Waals surface area (Å²) in [5.41, 5.74) is 5.32. The third kappa shape index (κ3) is 38.5. The van der Waals surface area contributed by atoms with Gasteiger partial charge in [0.1, 0.15) is 6.61 Å². The normalized spacial score (nSPS) is 14.4. The maximum atomic E-state index is 12.5. The highest BCUT2D eigenvalue weighted by Gasteiger charge is 2.25. The Kier molecular flexibility index (Phi) is 36.4. The zero-order chi connectivity index (χ0) is 38.9. The topological polar surface area (TPSA) is 134 Å². The van der Waals surface area contributed by atoms with Crippen molar-refractivity contribution < 1.29 is 37.6 Å². The number of rotatable bonds is 35. The van der Waals surface area contributed by atoms with Gasteiger partial charge in [-0.1, -0.05) is 143 Å². The highest BCUT2D eigenvalue weighted by Crippen LogP contribution is 2.43. The lowest BCUT2D eigenvalue weighted by molar-refractivity contribution is -0.161. The van der Waals surface area contributed by atoms with Crippen molar-refractivity contribution in [1.29, 1.82) is 0 Å². The van der Waals surface area contributed by atoms with E-state index in [1.54, 1.807) is 0 Å². The van der Waals surface area contributed by atoms with Crippen molar-refractivity contribution in [2.24, 2.45) is 5.73 Å². The van der Waals surface area contributed by atoms with Gasteiger partial charge in [-0.3, -0.25) is 18.6 Å². The van der Waals surface area contributed by atoms with Crippen molar-refractivity contribution >= 4 is 19.8 Å². The summed E-state index contributed by atoms with van der Waals surface area (Å²) in [4.78, 5) is 34.7. The first-order valence-corrected chi connectivity index (χ1v) is 21.2. The second-order valence-corrected chi connectivity index (χ2v) is 13.9. The predicted molar refractivity (Wildman–Crippen MR) is 219 cm³/mol. The van der Waals surface area contributed by atoms with Crippen LogP contribution in [-0.2, 0) is 32.7 Å². The first kappa shape index (κ1) is 49.9. The van der Waals surface area contributed by atoms with Crippen LogP contribution in [0, 0.1) is 0 Å². The molecule has 0 aromatic heterocycles. The lowest BCUT2D eigenvalue weighted by Gasteiger charge is -2.19. The van der Waals surface area contributed by atoms with Crippen LogP contribution >= 0.6 is 7.82 Å². The smallest absolute Gasteiger partial charge is 0.462 e. The van der Waals surface area contributed by atoms with E-state index in [1.807, 2.05) is 24.3 Å². The summed E-state index contributed by atoms with van der Waals surface area (Å²) in [7, 11) is -4.41. The standard InChI is InChI=1S/C43H70NO8P/c1-3-5-7-9-11-13-15-17-18-19-20-21-22-24-25-27-29-31-33-35-42(45)49-39-41(40-51-53(47,48)50-38-37-44)52-43(46)36-34-32-30-28-26-23-16-14-12-10-8-6-4-2/h5,7,11,13,17-18,20-21,23-26,29-32,41H,3-4,6,8-10,12,14-16,19,22,27-28,33-40,44H2,1-2H3,(H,47,48)/b7-5+,13-11+,18-17+,21-20+,25-24+,26-23+,31-29+,32-30+. The van der Waals surface area contributed by atoms with Crippen molar-refractivity contribution in [3.05, 3.63) is 97.2 Å². The van der Waals surface area contributed by atoms with Crippen LogP contribution in [0.2, 0.25) is 0 Å². The monoisotopic (exact) mass is 759 g/mol. The van der Waals surface area contributed by atoms with Gasteiger partial charge in [0.15, 0.2) is 6.10 Å². The Morgan fingerprint density at radius 3 is 1.55 bits per heavy atom. The number of phosphoric acid groups is 1. The Morgan fingerprint density at radius 2 is 1.04 bits per heavy atom. The molecule has 0 aliphatic rings. The van der Waals surface area contributed by atoms with Gasteiger partial charge in [-0.2, -0.15) is 0 Å². The Labute approximate surface area is 321 Å². The molecule has 0 radical (unpaired) electrons. The van der Waals surface area contributed by atoms with E-state index < -0.39 is 32.5 Å². The molecular weight excluding hydrogens is 689 g/mol. The van der Waals surface area contributed by atoms with Crippen LogP contribution in [0.1, 0.15) is 129 Å². The first-order valence-electron chi connectivity index (χ1n) is 19.7. The van der Waals surface area contributed by atoms with E-state index in [4.69, 9.17) is 24.3 Å². The van der Waals surface area contributed by atoms with Crippen LogP contribution in [0.25, 0.3) is 0 Å². The molecule has 10 heteroatoms. The van der Waals surface area contributed by atoms with E-state index in [9.17, 15) is 19.0 Å². The molecule has 0 aromatic rings. The molecule has 9 nitrogen and oxygen atoms in total. The van der Waals surface area contributed by atoms with Gasteiger partial charge in [-0.15, -0.1) is 0 Å². The number of ether oxygens (including phenoxy) is 2. The summed E-state index contributed by atoms with van der Waals surface area (Å²) in [5, 5.41) is 0. The van der Waals surface area contributed by atoms with E-state index in [0.717, 1.165) is 51.4 Å². The molecule has 0 aromatic carbocycles. The average molecular weight is 760 g/mol. The Bertz CT molecular complexity index is 1180. The molecule has 0 heterocycles. The molecule has 0 fully saturated rings. The van der Waals surface area contributed by atoms with Gasteiger partial charge < -0.3 is 20.1 Å². The number of esters is 2. The quantitative estimate of drug-likeness (QED) is 0.0280. The lowest BCUT2D eigenvalue weighted by Crippen LogP contribution is -2.29. The van der Waals surface area contributed by atoms with Crippen LogP contribution < -0.4 is 5.73 Å². The van der Waals surface area contributed by atoms with E-state index in [-0.39, 0.29) is 32.6 Å². The fourth-order valence-electron chi connectivity index (χ4n) is 4.59. The third-order valence-electron chi connectivity index (χ3n) is 7.48. The van der Waals surface area contributed by atoms with Gasteiger partial charge in [0, 0.05) is 19.4 Å². The van der Waals surface area contributed by atoms with Crippen LogP contribution in [0.5, 0.6) is 0 Å². The molecule has 0 saturated heterocycles. The number of carbonyl (C=O) groups excluding carboxylic acids is 2.